The molecular formula is C29H30N8O2. The second-order valence-corrected chi connectivity index (χ2v) is 9.97. The van der Waals surface area contributed by atoms with Crippen LogP contribution in [0.15, 0.2) is 55.2 Å². The van der Waals surface area contributed by atoms with Crippen LogP contribution in [0, 0.1) is 17.2 Å². The first-order valence-corrected chi connectivity index (χ1v) is 13.1. The lowest BCUT2D eigenvalue weighted by atomic mass is 9.99. The van der Waals surface area contributed by atoms with Gasteiger partial charge in [0.15, 0.2) is 5.65 Å². The Morgan fingerprint density at radius 1 is 1.13 bits per heavy atom. The molecule has 39 heavy (non-hydrogen) atoms. The first-order valence-electron chi connectivity index (χ1n) is 13.1. The maximum atomic E-state index is 9.33. The van der Waals surface area contributed by atoms with E-state index in [0.717, 1.165) is 78.1 Å². The van der Waals surface area contributed by atoms with E-state index in [1.165, 1.54) is 0 Å². The largest absolute Gasteiger partial charge is 0.476 e. The molecular weight excluding hydrogens is 492 g/mol. The van der Waals surface area contributed by atoms with Gasteiger partial charge in [-0.3, -0.25) is 9.08 Å². The van der Waals surface area contributed by atoms with E-state index in [0.29, 0.717) is 24.0 Å². The van der Waals surface area contributed by atoms with Gasteiger partial charge in [0, 0.05) is 55.9 Å². The number of aromatic nitrogens is 6. The molecule has 1 aromatic carbocycles. The van der Waals surface area contributed by atoms with Gasteiger partial charge in [-0.25, -0.2) is 15.0 Å². The molecule has 4 aromatic heterocycles. The van der Waals surface area contributed by atoms with Crippen molar-refractivity contribution in [3.63, 3.8) is 0 Å². The molecule has 1 fully saturated rings. The minimum Gasteiger partial charge on any atom is -0.476 e. The van der Waals surface area contributed by atoms with E-state index in [9.17, 15) is 5.26 Å². The smallest absolute Gasteiger partial charge is 0.240 e. The van der Waals surface area contributed by atoms with Crippen molar-refractivity contribution < 1.29 is 9.47 Å². The Labute approximate surface area is 226 Å². The zero-order chi connectivity index (χ0) is 26.8. The molecule has 0 spiro atoms. The van der Waals surface area contributed by atoms with Crippen LogP contribution in [0.25, 0.3) is 39.1 Å². The third kappa shape index (κ3) is 4.94. The predicted molar refractivity (Wildman–Crippen MR) is 147 cm³/mol. The first kappa shape index (κ1) is 25.0. The van der Waals surface area contributed by atoms with Crippen molar-refractivity contribution in [1.82, 2.24) is 34.0 Å². The molecule has 0 amide bonds. The van der Waals surface area contributed by atoms with Crippen LogP contribution in [0.1, 0.15) is 18.4 Å². The SMILES string of the molecule is COCCN1CCC[C@@H](COc2nc(-c3ccc(C#N)cc3)c(-c3cnc4c(cnn4C)c3)n3cncc23)C1. The highest BCUT2D eigenvalue weighted by molar-refractivity contribution is 5.86. The molecule has 6 rings (SSSR count). The summed E-state index contributed by atoms with van der Waals surface area (Å²) in [5.41, 5.74) is 5.53. The van der Waals surface area contributed by atoms with Gasteiger partial charge in [-0.2, -0.15) is 10.4 Å². The number of hydrogen-bond donors (Lipinski definition) is 0. The maximum absolute atomic E-state index is 9.33. The molecule has 0 N–H and O–H groups in total. The number of nitrogens with zero attached hydrogens (tertiary/aromatic N) is 8. The lowest BCUT2D eigenvalue weighted by Crippen LogP contribution is -2.39. The summed E-state index contributed by atoms with van der Waals surface area (Å²) < 4.78 is 15.5. The number of pyridine rings is 1. The van der Waals surface area contributed by atoms with Gasteiger partial charge in [0.25, 0.3) is 0 Å². The van der Waals surface area contributed by atoms with Crippen LogP contribution in [-0.2, 0) is 11.8 Å². The molecule has 0 saturated carbocycles. The highest BCUT2D eigenvalue weighted by Crippen LogP contribution is 2.36. The van der Waals surface area contributed by atoms with Crippen LogP contribution < -0.4 is 4.74 Å². The number of imidazole rings is 1. The van der Waals surface area contributed by atoms with Gasteiger partial charge in [0.1, 0.15) is 5.52 Å². The van der Waals surface area contributed by atoms with Crippen molar-refractivity contribution in [2.24, 2.45) is 13.0 Å². The van der Waals surface area contributed by atoms with E-state index in [2.05, 4.69) is 32.1 Å². The van der Waals surface area contributed by atoms with Crippen molar-refractivity contribution >= 4 is 16.6 Å². The summed E-state index contributed by atoms with van der Waals surface area (Å²) in [6.07, 6.45) is 9.49. The normalized spacial score (nSPS) is 16.1. The number of piperidine rings is 1. The summed E-state index contributed by atoms with van der Waals surface area (Å²) in [7, 11) is 3.62. The fourth-order valence-electron chi connectivity index (χ4n) is 5.32. The zero-order valence-electron chi connectivity index (χ0n) is 22.1. The summed E-state index contributed by atoms with van der Waals surface area (Å²) >= 11 is 0. The summed E-state index contributed by atoms with van der Waals surface area (Å²) in [6, 6.07) is 11.7. The van der Waals surface area contributed by atoms with E-state index >= 15 is 0 Å². The molecule has 5 aromatic rings. The third-order valence-electron chi connectivity index (χ3n) is 7.34. The standard InChI is InChI=1S/C29H30N8O2/c1-35-28-24(15-33-35)12-23(14-32-28)27-26(22-7-5-20(13-30)6-8-22)34-29(25-16-31-19-37(25)27)39-18-21-4-3-9-36(17-21)10-11-38-2/h5-8,12,14-16,19,21H,3-4,9-11,17-18H2,1-2H3/t21-/m1/s1. The van der Waals surface area contributed by atoms with E-state index in [4.69, 9.17) is 14.5 Å². The van der Waals surface area contributed by atoms with Crippen LogP contribution in [0.2, 0.25) is 0 Å². The minimum absolute atomic E-state index is 0.413. The minimum atomic E-state index is 0.413. The van der Waals surface area contributed by atoms with Crippen molar-refractivity contribution in [2.75, 3.05) is 40.0 Å². The van der Waals surface area contributed by atoms with E-state index in [-0.39, 0.29) is 0 Å². The number of rotatable bonds is 8. The monoisotopic (exact) mass is 522 g/mol. The van der Waals surface area contributed by atoms with Crippen LogP contribution >= 0.6 is 0 Å². The van der Waals surface area contributed by atoms with Crippen molar-refractivity contribution in [2.45, 2.75) is 12.8 Å². The van der Waals surface area contributed by atoms with Gasteiger partial charge in [-0.1, -0.05) is 12.1 Å². The third-order valence-corrected chi connectivity index (χ3v) is 7.34. The van der Waals surface area contributed by atoms with Gasteiger partial charge < -0.3 is 14.4 Å². The number of hydrogen-bond acceptors (Lipinski definition) is 8. The lowest BCUT2D eigenvalue weighted by molar-refractivity contribution is 0.0952. The molecule has 1 atom stereocenters. The Balaban J connectivity index is 1.41. The highest BCUT2D eigenvalue weighted by Gasteiger charge is 2.23. The molecule has 5 heterocycles. The van der Waals surface area contributed by atoms with E-state index < -0.39 is 0 Å². The molecule has 1 aliphatic heterocycles. The van der Waals surface area contributed by atoms with Crippen LogP contribution in [0.5, 0.6) is 5.88 Å². The molecule has 0 aliphatic carbocycles. The molecule has 10 heteroatoms. The fraction of sp³-hybridized carbons (Fsp3) is 0.345. The summed E-state index contributed by atoms with van der Waals surface area (Å²) in [4.78, 5) is 16.6. The number of methoxy groups -OCH3 is 1. The zero-order valence-corrected chi connectivity index (χ0v) is 22.1. The molecule has 1 saturated heterocycles. The van der Waals surface area contributed by atoms with E-state index in [1.54, 1.807) is 36.4 Å². The molecule has 10 nitrogen and oxygen atoms in total. The Hall–Kier alpha value is -4.33. The van der Waals surface area contributed by atoms with Crippen LogP contribution in [0.4, 0.5) is 0 Å². The van der Waals surface area contributed by atoms with Gasteiger partial charge >= 0.3 is 0 Å². The number of benzene rings is 1. The Morgan fingerprint density at radius 2 is 2.00 bits per heavy atom. The van der Waals surface area contributed by atoms with Gasteiger partial charge in [-0.15, -0.1) is 0 Å². The number of nitriles is 1. The lowest BCUT2D eigenvalue weighted by Gasteiger charge is -2.32. The van der Waals surface area contributed by atoms with E-state index in [1.807, 2.05) is 36.0 Å². The summed E-state index contributed by atoms with van der Waals surface area (Å²) in [5, 5.41) is 14.6. The first-order chi connectivity index (χ1) is 19.1. The summed E-state index contributed by atoms with van der Waals surface area (Å²) in [6.45, 7) is 4.33. The van der Waals surface area contributed by atoms with Crippen molar-refractivity contribution in [3.05, 3.63) is 60.8 Å². The average molecular weight is 523 g/mol. The van der Waals surface area contributed by atoms with Crippen molar-refractivity contribution in [3.8, 4) is 34.5 Å². The van der Waals surface area contributed by atoms with Gasteiger partial charge in [0.05, 0.1) is 55.0 Å². The molecule has 198 valence electrons. The average Bonchev–Trinajstić information content (AvgIpc) is 3.61. The highest BCUT2D eigenvalue weighted by atomic mass is 16.5. The molecule has 1 aliphatic rings. The summed E-state index contributed by atoms with van der Waals surface area (Å²) in [5.74, 6) is 0.954. The number of fused-ring (bicyclic) bond motifs is 2. The van der Waals surface area contributed by atoms with Crippen LogP contribution in [-0.4, -0.2) is 74.0 Å². The second-order valence-electron chi connectivity index (χ2n) is 9.97. The van der Waals surface area contributed by atoms with Crippen molar-refractivity contribution in [1.29, 1.82) is 5.26 Å². The Kier molecular flexibility index (Phi) is 6.92. The maximum Gasteiger partial charge on any atom is 0.240 e. The predicted octanol–water partition coefficient (Wildman–Crippen LogP) is 3.95. The fourth-order valence-corrected chi connectivity index (χ4v) is 5.32. The number of ether oxygens (including phenoxy) is 2. The Morgan fingerprint density at radius 3 is 2.82 bits per heavy atom. The number of likely N-dealkylation sites (tertiary alicyclic amines) is 1. The van der Waals surface area contributed by atoms with Gasteiger partial charge in [-0.05, 0) is 37.6 Å². The quantitative estimate of drug-likeness (QED) is 0.302. The number of aryl methyl sites for hydroxylation is 1. The van der Waals surface area contributed by atoms with Crippen LogP contribution in [0.3, 0.4) is 0 Å². The molecule has 0 unspecified atom stereocenters. The second kappa shape index (κ2) is 10.8. The topological polar surface area (TPSA) is 106 Å². The molecule has 0 bridgehead atoms. The molecule has 0 radical (unpaired) electrons. The van der Waals surface area contributed by atoms with Gasteiger partial charge in [0.2, 0.25) is 5.88 Å². The Bertz CT molecular complexity index is 1650.